The molecule has 3 nitrogen and oxygen atoms in total. The molecule has 0 spiro atoms. The third-order valence-electron chi connectivity index (χ3n) is 2.89. The van der Waals surface area contributed by atoms with Crippen LogP contribution in [-0.4, -0.2) is 21.7 Å². The molecule has 0 radical (unpaired) electrons. The topological polar surface area (TPSA) is 45.1 Å². The standard InChI is InChI=1S/C12H19ClN2O/c1-8(15-12(3,4)9(2)16)10-6-5-7-14-11(10)13/h5-9,15-16H,1-4H3. The van der Waals surface area contributed by atoms with Crippen LogP contribution in [0.4, 0.5) is 0 Å². The van der Waals surface area contributed by atoms with Gasteiger partial charge in [-0.05, 0) is 33.8 Å². The summed E-state index contributed by atoms with van der Waals surface area (Å²) in [7, 11) is 0. The highest BCUT2D eigenvalue weighted by Crippen LogP contribution is 2.23. The van der Waals surface area contributed by atoms with Crippen molar-refractivity contribution in [2.75, 3.05) is 0 Å². The Bertz CT molecular complexity index is 353. The fourth-order valence-electron chi connectivity index (χ4n) is 1.48. The molecule has 16 heavy (non-hydrogen) atoms. The first kappa shape index (κ1) is 13.4. The van der Waals surface area contributed by atoms with Gasteiger partial charge in [0, 0.05) is 23.3 Å². The molecule has 0 fully saturated rings. The summed E-state index contributed by atoms with van der Waals surface area (Å²) in [5, 5.41) is 13.5. The molecule has 1 rings (SSSR count). The quantitative estimate of drug-likeness (QED) is 0.798. The van der Waals surface area contributed by atoms with Gasteiger partial charge >= 0.3 is 0 Å². The third-order valence-corrected chi connectivity index (χ3v) is 3.20. The van der Waals surface area contributed by atoms with Crippen molar-refractivity contribution in [3.05, 3.63) is 29.0 Å². The van der Waals surface area contributed by atoms with E-state index in [1.54, 1.807) is 13.1 Å². The summed E-state index contributed by atoms with van der Waals surface area (Å²) in [5.41, 5.74) is 0.580. The van der Waals surface area contributed by atoms with Gasteiger partial charge in [-0.15, -0.1) is 0 Å². The van der Waals surface area contributed by atoms with E-state index in [-0.39, 0.29) is 11.6 Å². The third kappa shape index (κ3) is 3.17. The van der Waals surface area contributed by atoms with E-state index in [9.17, 15) is 5.11 Å². The number of nitrogens with one attached hydrogen (secondary N) is 1. The van der Waals surface area contributed by atoms with Gasteiger partial charge in [-0.25, -0.2) is 4.98 Å². The Kier molecular flexibility index (Phi) is 4.30. The Labute approximate surface area is 102 Å². The van der Waals surface area contributed by atoms with Crippen LogP contribution in [-0.2, 0) is 0 Å². The number of aliphatic hydroxyl groups is 1. The Hall–Kier alpha value is -0.640. The minimum atomic E-state index is -0.439. The highest BCUT2D eigenvalue weighted by molar-refractivity contribution is 6.30. The number of hydrogen-bond donors (Lipinski definition) is 2. The molecule has 2 unspecified atom stereocenters. The van der Waals surface area contributed by atoms with Crippen LogP contribution in [0.15, 0.2) is 18.3 Å². The van der Waals surface area contributed by atoms with Gasteiger partial charge in [-0.2, -0.15) is 0 Å². The number of rotatable bonds is 4. The summed E-state index contributed by atoms with van der Waals surface area (Å²) in [5.74, 6) is 0. The molecular weight excluding hydrogens is 224 g/mol. The maximum Gasteiger partial charge on any atom is 0.133 e. The molecule has 90 valence electrons. The molecule has 0 saturated carbocycles. The van der Waals surface area contributed by atoms with Crippen LogP contribution in [0, 0.1) is 0 Å². The van der Waals surface area contributed by atoms with E-state index in [1.165, 1.54) is 0 Å². The lowest BCUT2D eigenvalue weighted by Crippen LogP contribution is -2.49. The summed E-state index contributed by atoms with van der Waals surface area (Å²) < 4.78 is 0. The van der Waals surface area contributed by atoms with Crippen LogP contribution in [0.2, 0.25) is 5.15 Å². The Morgan fingerprint density at radius 2 is 2.06 bits per heavy atom. The predicted octanol–water partition coefficient (Wildman–Crippen LogP) is 2.55. The Morgan fingerprint density at radius 1 is 1.44 bits per heavy atom. The van der Waals surface area contributed by atoms with Gasteiger partial charge in [0.25, 0.3) is 0 Å². The Morgan fingerprint density at radius 3 is 2.56 bits per heavy atom. The summed E-state index contributed by atoms with van der Waals surface area (Å²) in [6.07, 6.45) is 1.23. The maximum absolute atomic E-state index is 9.63. The van der Waals surface area contributed by atoms with Crippen molar-refractivity contribution in [2.24, 2.45) is 0 Å². The molecule has 2 N–H and O–H groups in total. The van der Waals surface area contributed by atoms with Crippen LogP contribution in [0.5, 0.6) is 0 Å². The van der Waals surface area contributed by atoms with Crippen LogP contribution in [0.1, 0.15) is 39.3 Å². The fourth-order valence-corrected chi connectivity index (χ4v) is 1.76. The second kappa shape index (κ2) is 5.13. The van der Waals surface area contributed by atoms with Crippen molar-refractivity contribution >= 4 is 11.6 Å². The van der Waals surface area contributed by atoms with Crippen molar-refractivity contribution in [2.45, 2.75) is 45.4 Å². The van der Waals surface area contributed by atoms with E-state index >= 15 is 0 Å². The van der Waals surface area contributed by atoms with Crippen molar-refractivity contribution in [1.82, 2.24) is 10.3 Å². The lowest BCUT2D eigenvalue weighted by molar-refractivity contribution is 0.0894. The van der Waals surface area contributed by atoms with E-state index in [2.05, 4.69) is 10.3 Å². The lowest BCUT2D eigenvalue weighted by atomic mass is 9.96. The predicted molar refractivity (Wildman–Crippen MR) is 66.6 cm³/mol. The van der Waals surface area contributed by atoms with Gasteiger partial charge in [0.05, 0.1) is 6.10 Å². The zero-order valence-electron chi connectivity index (χ0n) is 10.2. The molecule has 0 saturated heterocycles. The van der Waals surface area contributed by atoms with E-state index in [0.29, 0.717) is 5.15 Å². The summed E-state index contributed by atoms with van der Waals surface area (Å²) >= 11 is 6.01. The van der Waals surface area contributed by atoms with Crippen LogP contribution in [0.25, 0.3) is 0 Å². The number of nitrogens with zero attached hydrogens (tertiary/aromatic N) is 1. The highest BCUT2D eigenvalue weighted by Gasteiger charge is 2.26. The number of aliphatic hydroxyl groups excluding tert-OH is 1. The minimum absolute atomic E-state index is 0.0470. The van der Waals surface area contributed by atoms with Gasteiger partial charge in [-0.3, -0.25) is 0 Å². The Balaban J connectivity index is 2.81. The van der Waals surface area contributed by atoms with Crippen molar-refractivity contribution in [3.8, 4) is 0 Å². The van der Waals surface area contributed by atoms with Gasteiger partial charge < -0.3 is 10.4 Å². The van der Waals surface area contributed by atoms with E-state index in [0.717, 1.165) is 5.56 Å². The molecule has 0 aliphatic rings. The average Bonchev–Trinajstić information content (AvgIpc) is 2.17. The highest BCUT2D eigenvalue weighted by atomic mass is 35.5. The van der Waals surface area contributed by atoms with Gasteiger partial charge in [-0.1, -0.05) is 17.7 Å². The molecule has 0 aliphatic carbocycles. The number of halogens is 1. The summed E-state index contributed by atoms with van der Waals surface area (Å²) in [4.78, 5) is 4.04. The second-order valence-corrected chi connectivity index (χ2v) is 5.01. The minimum Gasteiger partial charge on any atom is -0.392 e. The zero-order chi connectivity index (χ0) is 12.3. The molecule has 1 aromatic rings. The van der Waals surface area contributed by atoms with Crippen molar-refractivity contribution in [3.63, 3.8) is 0 Å². The number of aromatic nitrogens is 1. The molecule has 2 atom stereocenters. The molecule has 4 heteroatoms. The maximum atomic E-state index is 9.63. The van der Waals surface area contributed by atoms with Crippen LogP contribution >= 0.6 is 11.6 Å². The first-order valence-corrected chi connectivity index (χ1v) is 5.78. The summed E-state index contributed by atoms with van der Waals surface area (Å²) in [6, 6.07) is 3.84. The largest absolute Gasteiger partial charge is 0.392 e. The molecule has 0 bridgehead atoms. The van der Waals surface area contributed by atoms with E-state index in [1.807, 2.05) is 32.9 Å². The molecule has 1 aromatic heterocycles. The average molecular weight is 243 g/mol. The number of hydrogen-bond acceptors (Lipinski definition) is 3. The van der Waals surface area contributed by atoms with Crippen molar-refractivity contribution in [1.29, 1.82) is 0 Å². The molecule has 1 heterocycles. The first-order valence-electron chi connectivity index (χ1n) is 5.41. The summed E-state index contributed by atoms with van der Waals surface area (Å²) in [6.45, 7) is 7.69. The van der Waals surface area contributed by atoms with Crippen molar-refractivity contribution < 1.29 is 5.11 Å². The smallest absolute Gasteiger partial charge is 0.133 e. The van der Waals surface area contributed by atoms with Gasteiger partial charge in [0.2, 0.25) is 0 Å². The van der Waals surface area contributed by atoms with Crippen LogP contribution < -0.4 is 5.32 Å². The normalized spacial score (nSPS) is 15.9. The molecule has 0 amide bonds. The monoisotopic (exact) mass is 242 g/mol. The fraction of sp³-hybridized carbons (Fsp3) is 0.583. The number of pyridine rings is 1. The molecular formula is C12H19ClN2O. The SMILES string of the molecule is CC(NC(C)(C)C(C)O)c1cccnc1Cl. The lowest BCUT2D eigenvalue weighted by Gasteiger charge is -2.33. The zero-order valence-corrected chi connectivity index (χ0v) is 10.9. The van der Waals surface area contributed by atoms with E-state index < -0.39 is 6.10 Å². The first-order chi connectivity index (χ1) is 7.34. The second-order valence-electron chi connectivity index (χ2n) is 4.65. The van der Waals surface area contributed by atoms with E-state index in [4.69, 9.17) is 11.6 Å². The van der Waals surface area contributed by atoms with Gasteiger partial charge in [0.15, 0.2) is 0 Å². The van der Waals surface area contributed by atoms with Crippen LogP contribution in [0.3, 0.4) is 0 Å². The van der Waals surface area contributed by atoms with Gasteiger partial charge in [0.1, 0.15) is 5.15 Å². The molecule has 0 aromatic carbocycles. The molecule has 0 aliphatic heterocycles.